The van der Waals surface area contributed by atoms with Crippen LogP contribution < -0.4 is 5.32 Å². The molecule has 0 spiro atoms. The van der Waals surface area contributed by atoms with Gasteiger partial charge in [-0.2, -0.15) is 5.10 Å². The lowest BCUT2D eigenvalue weighted by atomic mass is 10.1. The van der Waals surface area contributed by atoms with Crippen molar-refractivity contribution in [3.05, 3.63) is 76.9 Å². The van der Waals surface area contributed by atoms with E-state index in [0.29, 0.717) is 0 Å². The van der Waals surface area contributed by atoms with Gasteiger partial charge in [0.2, 0.25) is 0 Å². The molecule has 3 rings (SSSR count). The molecule has 3 nitrogen and oxygen atoms in total. The fourth-order valence-electron chi connectivity index (χ4n) is 2.41. The van der Waals surface area contributed by atoms with Crippen molar-refractivity contribution in [2.24, 2.45) is 0 Å². The number of hydrogen-bond donors (Lipinski definition) is 2. The standard InChI is InChI=1S/C18H18ClN3/c19-17-8-6-15(7-9-17)18-16(13-21-22-18)12-20-11-10-14-4-2-1-3-5-14/h1-9,13,20H,10-12H2,(H,21,22). The second kappa shape index (κ2) is 7.25. The van der Waals surface area contributed by atoms with Crippen LogP contribution in [0.2, 0.25) is 5.02 Å². The molecule has 4 heteroatoms. The zero-order chi connectivity index (χ0) is 15.2. The molecule has 0 amide bonds. The van der Waals surface area contributed by atoms with Crippen LogP contribution in [0.1, 0.15) is 11.1 Å². The molecule has 0 fully saturated rings. The van der Waals surface area contributed by atoms with Gasteiger partial charge in [0.15, 0.2) is 0 Å². The number of nitrogens with zero attached hydrogens (tertiary/aromatic N) is 1. The molecule has 0 unspecified atom stereocenters. The Hall–Kier alpha value is -2.10. The van der Waals surface area contributed by atoms with Crippen LogP contribution in [0.15, 0.2) is 60.8 Å². The van der Waals surface area contributed by atoms with E-state index < -0.39 is 0 Å². The first-order valence-corrected chi connectivity index (χ1v) is 7.73. The average molecular weight is 312 g/mol. The Morgan fingerprint density at radius 1 is 1.00 bits per heavy atom. The van der Waals surface area contributed by atoms with Gasteiger partial charge in [-0.15, -0.1) is 0 Å². The van der Waals surface area contributed by atoms with Crippen molar-refractivity contribution in [1.82, 2.24) is 15.5 Å². The molecule has 0 saturated carbocycles. The molecule has 0 aliphatic rings. The topological polar surface area (TPSA) is 40.7 Å². The zero-order valence-corrected chi connectivity index (χ0v) is 13.0. The lowest BCUT2D eigenvalue weighted by Gasteiger charge is -2.06. The van der Waals surface area contributed by atoms with Crippen molar-refractivity contribution >= 4 is 11.6 Å². The fraction of sp³-hybridized carbons (Fsp3) is 0.167. The van der Waals surface area contributed by atoms with Crippen LogP contribution in [0.4, 0.5) is 0 Å². The highest BCUT2D eigenvalue weighted by molar-refractivity contribution is 6.30. The smallest absolute Gasteiger partial charge is 0.0695 e. The summed E-state index contributed by atoms with van der Waals surface area (Å²) in [6, 6.07) is 18.3. The Bertz CT molecular complexity index is 705. The van der Waals surface area contributed by atoms with Crippen molar-refractivity contribution in [2.75, 3.05) is 6.54 Å². The maximum absolute atomic E-state index is 5.94. The third-order valence-electron chi connectivity index (χ3n) is 3.60. The minimum atomic E-state index is 0.741. The maximum atomic E-state index is 5.94. The Morgan fingerprint density at radius 3 is 2.55 bits per heavy atom. The summed E-state index contributed by atoms with van der Waals surface area (Å²) in [4.78, 5) is 0. The van der Waals surface area contributed by atoms with Crippen LogP contribution in [0.25, 0.3) is 11.3 Å². The summed E-state index contributed by atoms with van der Waals surface area (Å²) in [7, 11) is 0. The number of aromatic amines is 1. The Labute approximate surface area is 135 Å². The maximum Gasteiger partial charge on any atom is 0.0695 e. The number of rotatable bonds is 6. The van der Waals surface area contributed by atoms with Crippen molar-refractivity contribution in [1.29, 1.82) is 0 Å². The second-order valence-corrected chi connectivity index (χ2v) is 5.63. The van der Waals surface area contributed by atoms with Crippen LogP contribution in [0, 0.1) is 0 Å². The first-order valence-electron chi connectivity index (χ1n) is 7.36. The summed E-state index contributed by atoms with van der Waals surface area (Å²) in [6.07, 6.45) is 2.90. The lowest BCUT2D eigenvalue weighted by Crippen LogP contribution is -2.16. The van der Waals surface area contributed by atoms with Gasteiger partial charge in [-0.25, -0.2) is 0 Å². The van der Waals surface area contributed by atoms with Gasteiger partial charge in [0.25, 0.3) is 0 Å². The van der Waals surface area contributed by atoms with E-state index in [-0.39, 0.29) is 0 Å². The highest BCUT2D eigenvalue weighted by atomic mass is 35.5. The predicted molar refractivity (Wildman–Crippen MR) is 90.9 cm³/mol. The molecule has 0 radical (unpaired) electrons. The molecular formula is C18H18ClN3. The molecule has 1 aromatic heterocycles. The van der Waals surface area contributed by atoms with E-state index in [0.717, 1.165) is 41.4 Å². The number of hydrogen-bond acceptors (Lipinski definition) is 2. The summed E-state index contributed by atoms with van der Waals surface area (Å²) in [6.45, 7) is 1.73. The van der Waals surface area contributed by atoms with E-state index in [1.165, 1.54) is 5.56 Å². The lowest BCUT2D eigenvalue weighted by molar-refractivity contribution is 0.688. The fourth-order valence-corrected chi connectivity index (χ4v) is 2.54. The monoisotopic (exact) mass is 311 g/mol. The minimum Gasteiger partial charge on any atom is -0.312 e. The van der Waals surface area contributed by atoms with Gasteiger partial charge in [-0.3, -0.25) is 5.10 Å². The van der Waals surface area contributed by atoms with Crippen LogP contribution in [0.3, 0.4) is 0 Å². The van der Waals surface area contributed by atoms with E-state index in [2.05, 4.69) is 39.8 Å². The molecule has 0 bridgehead atoms. The van der Waals surface area contributed by atoms with Crippen molar-refractivity contribution in [3.63, 3.8) is 0 Å². The van der Waals surface area contributed by atoms with Crippen LogP contribution in [-0.2, 0) is 13.0 Å². The van der Waals surface area contributed by atoms with E-state index in [1.807, 2.05) is 36.5 Å². The first kappa shape index (κ1) is 14.8. The van der Waals surface area contributed by atoms with Gasteiger partial charge in [-0.05, 0) is 36.2 Å². The highest BCUT2D eigenvalue weighted by Gasteiger charge is 2.07. The van der Waals surface area contributed by atoms with Gasteiger partial charge < -0.3 is 5.32 Å². The van der Waals surface area contributed by atoms with E-state index >= 15 is 0 Å². The van der Waals surface area contributed by atoms with E-state index in [4.69, 9.17) is 11.6 Å². The second-order valence-electron chi connectivity index (χ2n) is 5.19. The summed E-state index contributed by atoms with van der Waals surface area (Å²) >= 11 is 5.94. The average Bonchev–Trinajstić information content (AvgIpc) is 3.02. The van der Waals surface area contributed by atoms with Gasteiger partial charge in [0.1, 0.15) is 0 Å². The highest BCUT2D eigenvalue weighted by Crippen LogP contribution is 2.22. The van der Waals surface area contributed by atoms with Crippen LogP contribution >= 0.6 is 11.6 Å². The summed E-state index contributed by atoms with van der Waals surface area (Å²) in [5.41, 5.74) is 4.65. The molecule has 2 N–H and O–H groups in total. The molecule has 2 aromatic carbocycles. The summed E-state index contributed by atoms with van der Waals surface area (Å²) < 4.78 is 0. The van der Waals surface area contributed by atoms with E-state index in [9.17, 15) is 0 Å². The van der Waals surface area contributed by atoms with Crippen molar-refractivity contribution in [2.45, 2.75) is 13.0 Å². The number of H-pyrrole nitrogens is 1. The van der Waals surface area contributed by atoms with Gasteiger partial charge in [-0.1, -0.05) is 54.1 Å². The normalized spacial score (nSPS) is 10.8. The SMILES string of the molecule is Clc1ccc(-c2[nH]ncc2CNCCc2ccccc2)cc1. The predicted octanol–water partition coefficient (Wildman–Crippen LogP) is 4.06. The summed E-state index contributed by atoms with van der Waals surface area (Å²) in [5.74, 6) is 0. The zero-order valence-electron chi connectivity index (χ0n) is 12.2. The third-order valence-corrected chi connectivity index (χ3v) is 3.85. The molecule has 1 heterocycles. The molecule has 112 valence electrons. The van der Waals surface area contributed by atoms with Crippen LogP contribution in [-0.4, -0.2) is 16.7 Å². The number of nitrogens with one attached hydrogen (secondary N) is 2. The molecule has 3 aromatic rings. The Kier molecular flexibility index (Phi) is 4.88. The summed E-state index contributed by atoms with van der Waals surface area (Å²) in [5, 5.41) is 11.4. The Morgan fingerprint density at radius 2 is 1.77 bits per heavy atom. The van der Waals surface area contributed by atoms with Gasteiger partial charge >= 0.3 is 0 Å². The molecule has 22 heavy (non-hydrogen) atoms. The number of benzene rings is 2. The molecular weight excluding hydrogens is 294 g/mol. The third kappa shape index (κ3) is 3.75. The number of halogens is 1. The Balaban J connectivity index is 1.57. The molecule has 0 aliphatic carbocycles. The largest absolute Gasteiger partial charge is 0.312 e. The molecule has 0 aliphatic heterocycles. The van der Waals surface area contributed by atoms with Gasteiger partial charge in [0.05, 0.1) is 11.9 Å². The quantitative estimate of drug-likeness (QED) is 0.674. The number of aromatic nitrogens is 2. The molecule has 0 atom stereocenters. The van der Waals surface area contributed by atoms with E-state index in [1.54, 1.807) is 0 Å². The van der Waals surface area contributed by atoms with Crippen molar-refractivity contribution < 1.29 is 0 Å². The first-order chi connectivity index (χ1) is 10.8. The minimum absolute atomic E-state index is 0.741. The van der Waals surface area contributed by atoms with Gasteiger partial charge in [0, 0.05) is 17.1 Å². The van der Waals surface area contributed by atoms with Crippen molar-refractivity contribution in [3.8, 4) is 11.3 Å². The van der Waals surface area contributed by atoms with Crippen LogP contribution in [0.5, 0.6) is 0 Å². The molecule has 0 saturated heterocycles.